The molecular formula is C16H21N7O3S. The van der Waals surface area contributed by atoms with Crippen LogP contribution in [0.5, 0.6) is 0 Å². The minimum Gasteiger partial charge on any atom is -0.315 e. The van der Waals surface area contributed by atoms with E-state index in [1.54, 1.807) is 0 Å². The highest BCUT2D eigenvalue weighted by Gasteiger charge is 2.24. The van der Waals surface area contributed by atoms with Crippen molar-refractivity contribution in [2.24, 2.45) is 14.1 Å². The molecule has 3 rings (SSSR count). The van der Waals surface area contributed by atoms with Crippen LogP contribution in [0.15, 0.2) is 15.9 Å². The monoisotopic (exact) mass is 391 g/mol. The zero-order chi connectivity index (χ0) is 19.9. The van der Waals surface area contributed by atoms with E-state index in [0.717, 1.165) is 16.0 Å². The summed E-state index contributed by atoms with van der Waals surface area (Å²) in [4.78, 5) is 40.9. The van der Waals surface area contributed by atoms with Gasteiger partial charge in [-0.3, -0.25) is 24.0 Å². The van der Waals surface area contributed by atoms with Gasteiger partial charge in [-0.05, 0) is 6.42 Å². The van der Waals surface area contributed by atoms with Gasteiger partial charge in [0, 0.05) is 19.5 Å². The Bertz CT molecular complexity index is 1140. The lowest BCUT2D eigenvalue weighted by Gasteiger charge is -2.17. The van der Waals surface area contributed by atoms with Crippen molar-refractivity contribution in [3.8, 4) is 0 Å². The van der Waals surface area contributed by atoms with E-state index >= 15 is 0 Å². The van der Waals surface area contributed by atoms with Crippen LogP contribution in [0.25, 0.3) is 11.2 Å². The standard InChI is InChI=1S/C16H21N7O3S/c1-6-16(2,3)13-19-20-14(27-13)18-9(24)7-23-8-17-11-10(23)12(25)22(5)15(26)21(11)4/h8H,6-7H2,1-5H3,(H,18,20,24). The summed E-state index contributed by atoms with van der Waals surface area (Å²) in [5.74, 6) is -0.359. The number of hydrogen-bond donors (Lipinski definition) is 1. The highest BCUT2D eigenvalue weighted by atomic mass is 32.1. The largest absolute Gasteiger partial charge is 0.332 e. The molecule has 11 heteroatoms. The molecule has 0 aromatic carbocycles. The molecule has 0 aliphatic rings. The molecule has 3 heterocycles. The number of fused-ring (bicyclic) bond motifs is 1. The highest BCUT2D eigenvalue weighted by molar-refractivity contribution is 7.15. The van der Waals surface area contributed by atoms with Crippen molar-refractivity contribution in [3.63, 3.8) is 0 Å². The summed E-state index contributed by atoms with van der Waals surface area (Å²) in [5, 5.41) is 12.1. The molecule has 0 aliphatic carbocycles. The number of imidazole rings is 1. The van der Waals surface area contributed by atoms with Crippen LogP contribution < -0.4 is 16.6 Å². The summed E-state index contributed by atoms with van der Waals surface area (Å²) in [7, 11) is 2.92. The number of hydrogen-bond acceptors (Lipinski definition) is 7. The third-order valence-electron chi connectivity index (χ3n) is 4.67. The summed E-state index contributed by atoms with van der Waals surface area (Å²) >= 11 is 1.33. The van der Waals surface area contributed by atoms with Gasteiger partial charge in [0.05, 0.1) is 6.33 Å². The Morgan fingerprint density at radius 1 is 1.22 bits per heavy atom. The van der Waals surface area contributed by atoms with E-state index in [-0.39, 0.29) is 29.0 Å². The number of nitrogens with zero attached hydrogens (tertiary/aromatic N) is 6. The Labute approximate surface area is 158 Å². The third-order valence-corrected chi connectivity index (χ3v) is 5.87. The van der Waals surface area contributed by atoms with Crippen molar-refractivity contribution < 1.29 is 4.79 Å². The molecule has 10 nitrogen and oxygen atoms in total. The molecule has 27 heavy (non-hydrogen) atoms. The summed E-state index contributed by atoms with van der Waals surface area (Å²) < 4.78 is 3.68. The Morgan fingerprint density at radius 2 is 1.93 bits per heavy atom. The average molecular weight is 391 g/mol. The predicted molar refractivity (Wildman–Crippen MR) is 102 cm³/mol. The Morgan fingerprint density at radius 3 is 2.59 bits per heavy atom. The number of rotatable bonds is 5. The first-order valence-corrected chi connectivity index (χ1v) is 9.22. The average Bonchev–Trinajstić information content (AvgIpc) is 3.25. The van der Waals surface area contributed by atoms with Crippen LogP contribution in [0.2, 0.25) is 0 Å². The summed E-state index contributed by atoms with van der Waals surface area (Å²) in [6.07, 6.45) is 2.27. The van der Waals surface area contributed by atoms with E-state index in [9.17, 15) is 14.4 Å². The summed E-state index contributed by atoms with van der Waals surface area (Å²) in [6.45, 7) is 6.07. The van der Waals surface area contributed by atoms with Crippen LogP contribution in [-0.2, 0) is 30.8 Å². The fourth-order valence-electron chi connectivity index (χ4n) is 2.53. The minimum atomic E-state index is -0.499. The smallest absolute Gasteiger partial charge is 0.315 e. The van der Waals surface area contributed by atoms with Crippen molar-refractivity contribution >= 4 is 33.5 Å². The van der Waals surface area contributed by atoms with E-state index in [0.29, 0.717) is 5.13 Å². The third kappa shape index (κ3) is 3.29. The van der Waals surface area contributed by atoms with Gasteiger partial charge in [0.15, 0.2) is 11.2 Å². The number of nitrogens with one attached hydrogen (secondary N) is 1. The molecule has 0 unspecified atom stereocenters. The van der Waals surface area contributed by atoms with Gasteiger partial charge in [-0.25, -0.2) is 9.78 Å². The minimum absolute atomic E-state index is 0.113. The molecule has 0 saturated carbocycles. The molecule has 0 aliphatic heterocycles. The maximum absolute atomic E-state index is 12.4. The van der Waals surface area contributed by atoms with Crippen LogP contribution in [0.4, 0.5) is 5.13 Å². The van der Waals surface area contributed by atoms with Crippen LogP contribution in [0.1, 0.15) is 32.2 Å². The second-order valence-electron chi connectivity index (χ2n) is 6.95. The fraction of sp³-hybridized carbons (Fsp3) is 0.500. The first-order valence-electron chi connectivity index (χ1n) is 8.40. The molecule has 0 fully saturated rings. The highest BCUT2D eigenvalue weighted by Crippen LogP contribution is 2.30. The Balaban J connectivity index is 1.85. The molecule has 1 N–H and O–H groups in total. The second-order valence-corrected chi connectivity index (χ2v) is 7.93. The normalized spacial score (nSPS) is 11.9. The van der Waals surface area contributed by atoms with E-state index in [1.165, 1.54) is 40.9 Å². The zero-order valence-electron chi connectivity index (χ0n) is 15.8. The quantitative estimate of drug-likeness (QED) is 0.681. The Hall–Kier alpha value is -2.82. The number of anilines is 1. The van der Waals surface area contributed by atoms with Gasteiger partial charge in [0.1, 0.15) is 11.6 Å². The number of carbonyl (C=O) groups excluding carboxylic acids is 1. The van der Waals surface area contributed by atoms with Crippen LogP contribution in [0.3, 0.4) is 0 Å². The molecule has 0 radical (unpaired) electrons. The molecule has 0 saturated heterocycles. The lowest BCUT2D eigenvalue weighted by atomic mass is 9.91. The molecule has 1 amide bonds. The summed E-state index contributed by atoms with van der Waals surface area (Å²) in [6, 6.07) is 0. The van der Waals surface area contributed by atoms with Gasteiger partial charge in [-0.2, -0.15) is 0 Å². The van der Waals surface area contributed by atoms with Gasteiger partial charge in [-0.1, -0.05) is 32.1 Å². The van der Waals surface area contributed by atoms with Gasteiger partial charge in [0.2, 0.25) is 11.0 Å². The second kappa shape index (κ2) is 6.72. The first kappa shape index (κ1) is 19.0. The van der Waals surface area contributed by atoms with Crippen LogP contribution in [-0.4, -0.2) is 34.8 Å². The van der Waals surface area contributed by atoms with E-state index in [4.69, 9.17) is 0 Å². The predicted octanol–water partition coefficient (Wildman–Crippen LogP) is 0.611. The van der Waals surface area contributed by atoms with Gasteiger partial charge >= 0.3 is 5.69 Å². The van der Waals surface area contributed by atoms with Crippen LogP contribution >= 0.6 is 11.3 Å². The van der Waals surface area contributed by atoms with E-state index in [2.05, 4.69) is 41.3 Å². The van der Waals surface area contributed by atoms with E-state index in [1.807, 2.05) is 0 Å². The topological polar surface area (TPSA) is 117 Å². The fourth-order valence-corrected chi connectivity index (χ4v) is 3.46. The SMILES string of the molecule is CCC(C)(C)c1nnc(NC(=O)Cn2cnc3c2c(=O)n(C)c(=O)n3C)s1. The lowest BCUT2D eigenvalue weighted by Crippen LogP contribution is -2.37. The summed E-state index contributed by atoms with van der Waals surface area (Å²) in [5.41, 5.74) is -0.653. The molecule has 0 atom stereocenters. The number of amides is 1. The van der Waals surface area contributed by atoms with E-state index < -0.39 is 11.2 Å². The van der Waals surface area contributed by atoms with Gasteiger partial charge in [0.25, 0.3) is 5.56 Å². The molecular weight excluding hydrogens is 370 g/mol. The van der Waals surface area contributed by atoms with Crippen LogP contribution in [0, 0.1) is 0 Å². The molecule has 3 aromatic rings. The van der Waals surface area contributed by atoms with Gasteiger partial charge < -0.3 is 4.57 Å². The molecule has 144 valence electrons. The molecule has 0 bridgehead atoms. The number of carbonyl (C=O) groups is 1. The van der Waals surface area contributed by atoms with Crippen molar-refractivity contribution in [3.05, 3.63) is 32.2 Å². The molecule has 0 spiro atoms. The number of aromatic nitrogens is 6. The number of aryl methyl sites for hydroxylation is 1. The maximum Gasteiger partial charge on any atom is 0.332 e. The van der Waals surface area contributed by atoms with Crippen molar-refractivity contribution in [2.75, 3.05) is 5.32 Å². The van der Waals surface area contributed by atoms with Crippen molar-refractivity contribution in [1.29, 1.82) is 0 Å². The van der Waals surface area contributed by atoms with Crippen molar-refractivity contribution in [2.45, 2.75) is 39.2 Å². The first-order chi connectivity index (χ1) is 12.7. The van der Waals surface area contributed by atoms with Crippen molar-refractivity contribution in [1.82, 2.24) is 28.9 Å². The zero-order valence-corrected chi connectivity index (χ0v) is 16.6. The Kier molecular flexibility index (Phi) is 4.72. The molecule has 3 aromatic heterocycles. The lowest BCUT2D eigenvalue weighted by molar-refractivity contribution is -0.116. The maximum atomic E-state index is 12.4. The van der Waals surface area contributed by atoms with Gasteiger partial charge in [-0.15, -0.1) is 10.2 Å².